The molecule has 0 radical (unpaired) electrons. The molecule has 0 bridgehead atoms. The summed E-state index contributed by atoms with van der Waals surface area (Å²) in [4.78, 5) is 16.4. The summed E-state index contributed by atoms with van der Waals surface area (Å²) in [6.45, 7) is 6.34. The Hall–Kier alpha value is -2.19. The summed E-state index contributed by atoms with van der Waals surface area (Å²) in [5, 5.41) is 4.52. The number of morpholine rings is 1. The van der Waals surface area contributed by atoms with Crippen LogP contribution < -0.4 is 9.80 Å². The van der Waals surface area contributed by atoms with E-state index in [0.717, 1.165) is 63.4 Å². The molecule has 0 amide bonds. The van der Waals surface area contributed by atoms with Gasteiger partial charge in [-0.2, -0.15) is 10.1 Å². The molecule has 0 aromatic carbocycles. The third-order valence-corrected chi connectivity index (χ3v) is 5.46. The average molecular weight is 371 g/mol. The number of nitrogens with zero attached hydrogens (tertiary/aromatic N) is 7. The molecule has 0 N–H and O–H groups in total. The normalized spacial score (nSPS) is 21.4. The van der Waals surface area contributed by atoms with E-state index in [9.17, 15) is 0 Å². The molecular formula is C19H29N7O. The van der Waals surface area contributed by atoms with E-state index in [4.69, 9.17) is 9.72 Å². The van der Waals surface area contributed by atoms with Crippen molar-refractivity contribution in [2.75, 3.05) is 56.2 Å². The fourth-order valence-corrected chi connectivity index (χ4v) is 3.91. The van der Waals surface area contributed by atoms with Gasteiger partial charge in [0, 0.05) is 58.7 Å². The van der Waals surface area contributed by atoms with Gasteiger partial charge >= 0.3 is 0 Å². The van der Waals surface area contributed by atoms with Crippen LogP contribution in [0.4, 0.5) is 11.8 Å². The number of aryl methyl sites for hydroxylation is 1. The molecule has 4 heterocycles. The molecular weight excluding hydrogens is 342 g/mol. The number of piperidine rings is 1. The molecule has 2 aromatic rings. The first kappa shape index (κ1) is 18.2. The van der Waals surface area contributed by atoms with Crippen LogP contribution in [0.1, 0.15) is 18.5 Å². The number of hydrogen-bond donors (Lipinski definition) is 0. The van der Waals surface area contributed by atoms with Crippen LogP contribution in [-0.4, -0.2) is 77.1 Å². The molecule has 8 nitrogen and oxygen atoms in total. The molecule has 1 unspecified atom stereocenters. The molecule has 2 aromatic heterocycles. The Bertz CT molecular complexity index is 743. The largest absolute Gasteiger partial charge is 0.378 e. The van der Waals surface area contributed by atoms with Crippen molar-refractivity contribution in [1.29, 1.82) is 0 Å². The maximum Gasteiger partial charge on any atom is 0.227 e. The van der Waals surface area contributed by atoms with Crippen LogP contribution in [-0.2, 0) is 18.3 Å². The molecule has 27 heavy (non-hydrogen) atoms. The van der Waals surface area contributed by atoms with Crippen molar-refractivity contribution in [3.05, 3.63) is 30.2 Å². The van der Waals surface area contributed by atoms with Crippen LogP contribution in [0, 0.1) is 0 Å². The number of rotatable bonds is 5. The van der Waals surface area contributed by atoms with Crippen LogP contribution in [0.25, 0.3) is 0 Å². The topological polar surface area (TPSA) is 62.6 Å². The second-order valence-corrected chi connectivity index (χ2v) is 7.44. The second kappa shape index (κ2) is 8.22. The Labute approximate surface area is 160 Å². The number of aromatic nitrogens is 4. The summed E-state index contributed by atoms with van der Waals surface area (Å²) in [7, 11) is 4.09. The van der Waals surface area contributed by atoms with Gasteiger partial charge in [-0.05, 0) is 31.5 Å². The Balaban J connectivity index is 1.41. The molecule has 0 spiro atoms. The van der Waals surface area contributed by atoms with Crippen molar-refractivity contribution in [1.82, 2.24) is 24.6 Å². The Kier molecular flexibility index (Phi) is 5.54. The number of likely N-dealkylation sites (tertiary alicyclic amines) is 1. The van der Waals surface area contributed by atoms with Gasteiger partial charge in [-0.1, -0.05) is 0 Å². The smallest absolute Gasteiger partial charge is 0.227 e. The predicted molar refractivity (Wildman–Crippen MR) is 105 cm³/mol. The maximum absolute atomic E-state index is 5.45. The molecule has 2 aliphatic rings. The van der Waals surface area contributed by atoms with E-state index in [1.165, 1.54) is 12.8 Å². The highest BCUT2D eigenvalue weighted by molar-refractivity contribution is 5.44. The number of anilines is 2. The Morgan fingerprint density at radius 1 is 1.22 bits per heavy atom. The van der Waals surface area contributed by atoms with Crippen LogP contribution in [0.3, 0.4) is 0 Å². The SMILES string of the molecule is CN(c1nccc(N2CCOCC2)n1)C1CCCN(Cc2ccn(C)n2)C1. The Morgan fingerprint density at radius 2 is 2.07 bits per heavy atom. The highest BCUT2D eigenvalue weighted by atomic mass is 16.5. The summed E-state index contributed by atoms with van der Waals surface area (Å²) < 4.78 is 7.32. The van der Waals surface area contributed by atoms with Gasteiger partial charge in [0.05, 0.1) is 18.9 Å². The molecule has 4 rings (SSSR count). The zero-order valence-corrected chi connectivity index (χ0v) is 16.3. The van der Waals surface area contributed by atoms with Crippen LogP contribution in [0.15, 0.2) is 24.5 Å². The van der Waals surface area contributed by atoms with E-state index >= 15 is 0 Å². The Morgan fingerprint density at radius 3 is 2.85 bits per heavy atom. The van der Waals surface area contributed by atoms with E-state index in [1.54, 1.807) is 0 Å². The zero-order valence-electron chi connectivity index (χ0n) is 16.3. The molecule has 2 aliphatic heterocycles. The zero-order chi connectivity index (χ0) is 18.6. The molecule has 2 fully saturated rings. The highest BCUT2D eigenvalue weighted by Crippen LogP contribution is 2.22. The summed E-state index contributed by atoms with van der Waals surface area (Å²) in [5.74, 6) is 1.81. The van der Waals surface area contributed by atoms with Gasteiger partial charge in [-0.3, -0.25) is 9.58 Å². The first-order valence-corrected chi connectivity index (χ1v) is 9.78. The lowest BCUT2D eigenvalue weighted by Crippen LogP contribution is -2.47. The van der Waals surface area contributed by atoms with Crippen molar-refractivity contribution in [3.8, 4) is 0 Å². The maximum atomic E-state index is 5.45. The van der Waals surface area contributed by atoms with Gasteiger partial charge in [0.2, 0.25) is 5.95 Å². The van der Waals surface area contributed by atoms with Gasteiger partial charge in [0.25, 0.3) is 0 Å². The van der Waals surface area contributed by atoms with Gasteiger partial charge in [-0.25, -0.2) is 4.98 Å². The fourth-order valence-electron chi connectivity index (χ4n) is 3.91. The second-order valence-electron chi connectivity index (χ2n) is 7.44. The van der Waals surface area contributed by atoms with Crippen molar-refractivity contribution < 1.29 is 4.74 Å². The lowest BCUT2D eigenvalue weighted by Gasteiger charge is -2.37. The van der Waals surface area contributed by atoms with Gasteiger partial charge in [-0.15, -0.1) is 0 Å². The van der Waals surface area contributed by atoms with Crippen LogP contribution in [0.5, 0.6) is 0 Å². The molecule has 8 heteroatoms. The van der Waals surface area contributed by atoms with E-state index < -0.39 is 0 Å². The van der Waals surface area contributed by atoms with Crippen molar-refractivity contribution >= 4 is 11.8 Å². The molecule has 1 atom stereocenters. The summed E-state index contributed by atoms with van der Waals surface area (Å²) in [6, 6.07) is 4.52. The molecule has 2 saturated heterocycles. The van der Waals surface area contributed by atoms with Crippen LogP contribution in [0.2, 0.25) is 0 Å². The first-order chi connectivity index (χ1) is 13.2. The third-order valence-electron chi connectivity index (χ3n) is 5.46. The number of ether oxygens (including phenoxy) is 1. The van der Waals surface area contributed by atoms with Crippen molar-refractivity contribution in [2.24, 2.45) is 7.05 Å². The highest BCUT2D eigenvalue weighted by Gasteiger charge is 2.25. The van der Waals surface area contributed by atoms with Crippen molar-refractivity contribution in [2.45, 2.75) is 25.4 Å². The van der Waals surface area contributed by atoms with E-state index in [0.29, 0.717) is 6.04 Å². The van der Waals surface area contributed by atoms with Gasteiger partial charge in [0.1, 0.15) is 5.82 Å². The minimum atomic E-state index is 0.419. The minimum Gasteiger partial charge on any atom is -0.378 e. The minimum absolute atomic E-state index is 0.419. The van der Waals surface area contributed by atoms with Gasteiger partial charge in [0.15, 0.2) is 0 Å². The number of likely N-dealkylation sites (N-methyl/N-ethyl adjacent to an activating group) is 1. The number of hydrogen-bond acceptors (Lipinski definition) is 7. The average Bonchev–Trinajstić information content (AvgIpc) is 3.13. The summed E-state index contributed by atoms with van der Waals surface area (Å²) in [6.07, 6.45) is 6.23. The first-order valence-electron chi connectivity index (χ1n) is 9.78. The van der Waals surface area contributed by atoms with E-state index in [-0.39, 0.29) is 0 Å². The molecule has 146 valence electrons. The third kappa shape index (κ3) is 4.39. The van der Waals surface area contributed by atoms with Crippen LogP contribution >= 0.6 is 0 Å². The predicted octanol–water partition coefficient (Wildman–Crippen LogP) is 1.15. The van der Waals surface area contributed by atoms with Gasteiger partial charge < -0.3 is 14.5 Å². The molecule has 0 aliphatic carbocycles. The fraction of sp³-hybridized carbons (Fsp3) is 0.632. The lowest BCUT2D eigenvalue weighted by molar-refractivity contribution is 0.122. The van der Waals surface area contributed by atoms with E-state index in [2.05, 4.69) is 37.9 Å². The van der Waals surface area contributed by atoms with Crippen molar-refractivity contribution in [3.63, 3.8) is 0 Å². The molecule has 0 saturated carbocycles. The lowest BCUT2D eigenvalue weighted by atomic mass is 10.0. The van der Waals surface area contributed by atoms with E-state index in [1.807, 2.05) is 30.2 Å². The quantitative estimate of drug-likeness (QED) is 0.781. The summed E-state index contributed by atoms with van der Waals surface area (Å²) in [5.41, 5.74) is 1.13. The standard InChI is InChI=1S/C19H29N7O/c1-23-9-6-16(22-23)14-25-8-3-4-17(15-25)24(2)19-20-7-5-18(21-19)26-10-12-27-13-11-26/h5-7,9,17H,3-4,8,10-15H2,1-2H3. The monoisotopic (exact) mass is 371 g/mol. The summed E-state index contributed by atoms with van der Waals surface area (Å²) >= 11 is 0.